The zero-order chi connectivity index (χ0) is 40.2. The van der Waals surface area contributed by atoms with Gasteiger partial charge in [-0.15, -0.1) is 6.58 Å². The first-order chi connectivity index (χ1) is 26.8. The second-order valence-corrected chi connectivity index (χ2v) is 15.9. The van der Waals surface area contributed by atoms with Crippen molar-refractivity contribution in [2.75, 3.05) is 19.8 Å². The Balaban J connectivity index is 2.30. The molecule has 0 spiro atoms. The van der Waals surface area contributed by atoms with Crippen molar-refractivity contribution in [3.8, 4) is 0 Å². The highest BCUT2D eigenvalue weighted by atomic mass is 16.7. The van der Waals surface area contributed by atoms with Crippen molar-refractivity contribution in [2.24, 2.45) is 0 Å². The maximum absolute atomic E-state index is 12.8. The minimum atomic E-state index is -1.59. The summed E-state index contributed by atoms with van der Waals surface area (Å²) in [6, 6.07) is 0. The van der Waals surface area contributed by atoms with E-state index in [-0.39, 0.29) is 32.0 Å². The fourth-order valence-corrected chi connectivity index (χ4v) is 7.17. The van der Waals surface area contributed by atoms with Crippen LogP contribution in [0.1, 0.15) is 206 Å². The van der Waals surface area contributed by atoms with E-state index in [0.29, 0.717) is 6.42 Å². The van der Waals surface area contributed by atoms with Crippen molar-refractivity contribution in [1.29, 1.82) is 0 Å². The molecular formula is C45H84O10. The highest BCUT2D eigenvalue weighted by Crippen LogP contribution is 2.23. The molecule has 324 valence electrons. The second kappa shape index (κ2) is 36.8. The summed E-state index contributed by atoms with van der Waals surface area (Å²) in [6.45, 7) is 4.97. The maximum atomic E-state index is 12.8. The van der Waals surface area contributed by atoms with Crippen molar-refractivity contribution in [1.82, 2.24) is 0 Å². The molecule has 0 radical (unpaired) electrons. The summed E-state index contributed by atoms with van der Waals surface area (Å²) in [5.74, 6) is -0.798. The van der Waals surface area contributed by atoms with Crippen LogP contribution < -0.4 is 0 Å². The predicted octanol–water partition coefficient (Wildman–Crippen LogP) is 9.56. The first kappa shape index (κ1) is 51.5. The Morgan fingerprint density at radius 3 is 1.44 bits per heavy atom. The molecule has 0 bridgehead atoms. The maximum Gasteiger partial charge on any atom is 0.306 e. The van der Waals surface area contributed by atoms with E-state index < -0.39 is 49.4 Å². The van der Waals surface area contributed by atoms with E-state index in [1.807, 2.05) is 6.08 Å². The van der Waals surface area contributed by atoms with Crippen molar-refractivity contribution in [2.45, 2.75) is 243 Å². The molecule has 4 N–H and O–H groups in total. The Kier molecular flexibility index (Phi) is 34.4. The van der Waals surface area contributed by atoms with Gasteiger partial charge < -0.3 is 39.4 Å². The van der Waals surface area contributed by atoms with E-state index in [2.05, 4.69) is 13.5 Å². The summed E-state index contributed by atoms with van der Waals surface area (Å²) in [5.41, 5.74) is 0. The largest absolute Gasteiger partial charge is 0.462 e. The molecule has 1 rings (SSSR count). The summed E-state index contributed by atoms with van der Waals surface area (Å²) in [5, 5.41) is 40.1. The smallest absolute Gasteiger partial charge is 0.306 e. The number of hydrogen-bond donors (Lipinski definition) is 4. The molecule has 1 aliphatic heterocycles. The van der Waals surface area contributed by atoms with Crippen LogP contribution in [0.2, 0.25) is 0 Å². The molecule has 1 saturated heterocycles. The molecule has 55 heavy (non-hydrogen) atoms. The number of carbonyl (C=O) groups is 2. The Morgan fingerprint density at radius 2 is 1.00 bits per heavy atom. The molecule has 0 aromatic rings. The number of carbonyl (C=O) groups excluding carboxylic acids is 2. The fourth-order valence-electron chi connectivity index (χ4n) is 7.17. The van der Waals surface area contributed by atoms with E-state index in [0.717, 1.165) is 44.9 Å². The highest BCUT2D eigenvalue weighted by Gasteiger charge is 2.44. The third-order valence-electron chi connectivity index (χ3n) is 10.8. The topological polar surface area (TPSA) is 152 Å². The molecule has 10 heteroatoms. The van der Waals surface area contributed by atoms with Crippen LogP contribution in [0.4, 0.5) is 0 Å². The molecular weight excluding hydrogens is 700 g/mol. The number of rotatable bonds is 39. The Labute approximate surface area is 335 Å². The van der Waals surface area contributed by atoms with Crippen LogP contribution in [0.5, 0.6) is 0 Å². The van der Waals surface area contributed by atoms with Gasteiger partial charge in [-0.1, -0.05) is 174 Å². The number of unbranched alkanes of at least 4 members (excludes halogenated alkanes) is 27. The molecule has 0 aromatic carbocycles. The van der Waals surface area contributed by atoms with E-state index in [9.17, 15) is 30.0 Å². The lowest BCUT2D eigenvalue weighted by Gasteiger charge is -2.39. The van der Waals surface area contributed by atoms with Gasteiger partial charge in [-0.2, -0.15) is 0 Å². The third-order valence-corrected chi connectivity index (χ3v) is 10.8. The van der Waals surface area contributed by atoms with Gasteiger partial charge in [0.1, 0.15) is 31.0 Å². The standard InChI is InChI=1S/C45H84O10/c1-3-5-7-9-11-13-15-17-19-21-23-25-27-29-31-33-40(47)52-36-38(37-53-45-44(51)43(50)42(49)39(35-46)55-45)54-41(48)34-32-30-28-26-24-22-20-18-16-14-12-10-8-6-4-2/h3,38-39,42-46,49-51H,1,4-37H2,2H3/t38-,39-,42+,43?,44?,45-/m0/s1. The van der Waals surface area contributed by atoms with Crippen LogP contribution in [0.25, 0.3) is 0 Å². The van der Waals surface area contributed by atoms with Gasteiger partial charge in [0, 0.05) is 12.8 Å². The zero-order valence-electron chi connectivity index (χ0n) is 35.0. The van der Waals surface area contributed by atoms with Gasteiger partial charge in [0.15, 0.2) is 12.4 Å². The molecule has 10 nitrogen and oxygen atoms in total. The monoisotopic (exact) mass is 785 g/mol. The first-order valence-electron chi connectivity index (χ1n) is 22.7. The first-order valence-corrected chi connectivity index (χ1v) is 22.7. The SMILES string of the molecule is C=CCCCCCCCCCCCCCCCC(=O)OC[C@@H](CO[C@H]1O[C@@H](CO)[C@@H](O)C(O)C1O)OC(=O)CCCCCCCCCCCCCCCCC. The fraction of sp³-hybridized carbons (Fsp3) is 0.911. The van der Waals surface area contributed by atoms with E-state index in [1.54, 1.807) is 0 Å². The van der Waals surface area contributed by atoms with Gasteiger partial charge in [0.25, 0.3) is 0 Å². The third kappa shape index (κ3) is 28.5. The highest BCUT2D eigenvalue weighted by molar-refractivity contribution is 5.70. The van der Waals surface area contributed by atoms with Gasteiger partial charge >= 0.3 is 11.9 Å². The lowest BCUT2D eigenvalue weighted by molar-refractivity contribution is -0.305. The van der Waals surface area contributed by atoms with Crippen molar-refractivity contribution < 1.29 is 49.0 Å². The van der Waals surface area contributed by atoms with Gasteiger partial charge in [0.05, 0.1) is 13.2 Å². The summed E-state index contributed by atoms with van der Waals surface area (Å²) < 4.78 is 22.2. The Morgan fingerprint density at radius 1 is 0.582 bits per heavy atom. The number of aliphatic hydroxyl groups excluding tert-OH is 4. The normalized spacial score (nSPS) is 20.3. The lowest BCUT2D eigenvalue weighted by Crippen LogP contribution is -2.59. The van der Waals surface area contributed by atoms with E-state index in [4.69, 9.17) is 18.9 Å². The second-order valence-electron chi connectivity index (χ2n) is 15.9. The lowest BCUT2D eigenvalue weighted by atomic mass is 9.99. The van der Waals surface area contributed by atoms with Gasteiger partial charge in [-0.05, 0) is 25.7 Å². The summed E-state index contributed by atoms with van der Waals surface area (Å²) in [4.78, 5) is 25.3. The minimum Gasteiger partial charge on any atom is -0.462 e. The van der Waals surface area contributed by atoms with Crippen molar-refractivity contribution >= 4 is 11.9 Å². The predicted molar refractivity (Wildman–Crippen MR) is 220 cm³/mol. The van der Waals surface area contributed by atoms with Gasteiger partial charge in [-0.25, -0.2) is 0 Å². The molecule has 0 saturated carbocycles. The summed E-state index contributed by atoms with van der Waals surface area (Å²) in [7, 11) is 0. The van der Waals surface area contributed by atoms with Crippen LogP contribution in [0, 0.1) is 0 Å². The van der Waals surface area contributed by atoms with E-state index in [1.165, 1.54) is 135 Å². The number of aliphatic hydroxyl groups is 4. The van der Waals surface area contributed by atoms with Crippen LogP contribution in [-0.4, -0.2) is 89.0 Å². The van der Waals surface area contributed by atoms with Crippen molar-refractivity contribution in [3.05, 3.63) is 12.7 Å². The molecule has 1 aliphatic rings. The average molecular weight is 785 g/mol. The molecule has 1 fully saturated rings. The van der Waals surface area contributed by atoms with Gasteiger partial charge in [-0.3, -0.25) is 9.59 Å². The molecule has 1 heterocycles. The number of hydrogen-bond acceptors (Lipinski definition) is 10. The zero-order valence-corrected chi connectivity index (χ0v) is 35.0. The Bertz CT molecular complexity index is 899. The number of ether oxygens (including phenoxy) is 4. The molecule has 2 unspecified atom stereocenters. The molecule has 0 aromatic heterocycles. The number of esters is 2. The average Bonchev–Trinajstić information content (AvgIpc) is 3.18. The van der Waals surface area contributed by atoms with Crippen molar-refractivity contribution in [3.63, 3.8) is 0 Å². The van der Waals surface area contributed by atoms with Crippen LogP contribution in [-0.2, 0) is 28.5 Å². The molecule has 0 aliphatic carbocycles. The van der Waals surface area contributed by atoms with Crippen LogP contribution >= 0.6 is 0 Å². The number of allylic oxidation sites excluding steroid dienone is 1. The van der Waals surface area contributed by atoms with Crippen LogP contribution in [0.15, 0.2) is 12.7 Å². The van der Waals surface area contributed by atoms with Gasteiger partial charge in [0.2, 0.25) is 0 Å². The quantitative estimate of drug-likeness (QED) is 0.0269. The van der Waals surface area contributed by atoms with E-state index >= 15 is 0 Å². The molecule has 0 amide bonds. The minimum absolute atomic E-state index is 0.213. The summed E-state index contributed by atoms with van der Waals surface area (Å²) >= 11 is 0. The molecule has 6 atom stereocenters. The Hall–Kier alpha value is -1.56. The summed E-state index contributed by atoms with van der Waals surface area (Å²) in [6.07, 6.45) is 29.6. The van der Waals surface area contributed by atoms with Crippen LogP contribution in [0.3, 0.4) is 0 Å².